The summed E-state index contributed by atoms with van der Waals surface area (Å²) in [6.07, 6.45) is 2.08. The zero-order valence-electron chi connectivity index (χ0n) is 18.3. The average Bonchev–Trinajstić information content (AvgIpc) is 3.27. The van der Waals surface area contributed by atoms with Crippen molar-refractivity contribution < 1.29 is 27.2 Å². The molecule has 1 aromatic heterocycles. The lowest BCUT2D eigenvalue weighted by Crippen LogP contribution is -2.53. The van der Waals surface area contributed by atoms with Crippen LogP contribution in [0.3, 0.4) is 0 Å². The molecule has 1 aliphatic rings. The van der Waals surface area contributed by atoms with Gasteiger partial charge in [0.05, 0.1) is 11.2 Å². The van der Waals surface area contributed by atoms with Crippen LogP contribution < -0.4 is 5.32 Å². The smallest absolute Gasteiger partial charge is 0.411 e. The lowest BCUT2D eigenvalue weighted by atomic mass is 10.1. The lowest BCUT2D eigenvalue weighted by molar-refractivity contribution is -0.111. The number of benzene rings is 1. The quantitative estimate of drug-likeness (QED) is 0.684. The van der Waals surface area contributed by atoms with Crippen molar-refractivity contribution in [3.05, 3.63) is 61.1 Å². The molecule has 172 valence electrons. The molecule has 10 heteroatoms. The Balaban J connectivity index is 1.82. The van der Waals surface area contributed by atoms with Gasteiger partial charge in [0, 0.05) is 25.3 Å². The fourth-order valence-corrected chi connectivity index (χ4v) is 4.73. The molecule has 0 radical (unpaired) electrons. The van der Waals surface area contributed by atoms with Crippen LogP contribution in [0.15, 0.2) is 64.6 Å². The van der Waals surface area contributed by atoms with Crippen LogP contribution >= 0.6 is 0 Å². The first-order valence-corrected chi connectivity index (χ1v) is 11.5. The minimum absolute atomic E-state index is 0.0179. The van der Waals surface area contributed by atoms with E-state index in [4.69, 9.17) is 9.15 Å². The van der Waals surface area contributed by atoms with Crippen molar-refractivity contribution >= 4 is 27.7 Å². The van der Waals surface area contributed by atoms with Crippen LogP contribution in [-0.2, 0) is 19.6 Å². The first-order chi connectivity index (χ1) is 15.0. The van der Waals surface area contributed by atoms with Crippen LogP contribution in [0.5, 0.6) is 0 Å². The number of anilines is 1. The van der Waals surface area contributed by atoms with E-state index < -0.39 is 27.8 Å². The number of rotatable bonds is 5. The lowest BCUT2D eigenvalue weighted by Gasteiger charge is -2.40. The van der Waals surface area contributed by atoms with Crippen molar-refractivity contribution in [3.63, 3.8) is 0 Å². The molecule has 9 nitrogen and oxygen atoms in total. The van der Waals surface area contributed by atoms with Gasteiger partial charge in [-0.25, -0.2) is 13.2 Å². The van der Waals surface area contributed by atoms with E-state index in [1.807, 2.05) is 0 Å². The minimum atomic E-state index is -3.84. The van der Waals surface area contributed by atoms with Crippen LogP contribution in [0.4, 0.5) is 10.5 Å². The van der Waals surface area contributed by atoms with Gasteiger partial charge in [0.2, 0.25) is 15.9 Å². The van der Waals surface area contributed by atoms with Crippen LogP contribution in [-0.4, -0.2) is 54.9 Å². The molecule has 2 amide bonds. The molecule has 1 aromatic carbocycles. The second-order valence-corrected chi connectivity index (χ2v) is 10.2. The Bertz CT molecular complexity index is 1070. The summed E-state index contributed by atoms with van der Waals surface area (Å²) < 4.78 is 38.8. The van der Waals surface area contributed by atoms with Gasteiger partial charge < -0.3 is 14.5 Å². The molecule has 1 N–H and O–H groups in total. The Morgan fingerprint density at radius 3 is 2.44 bits per heavy atom. The number of carbonyl (C=O) groups excluding carboxylic acids is 2. The largest absolute Gasteiger partial charge is 0.467 e. The molecule has 1 fully saturated rings. The maximum Gasteiger partial charge on any atom is 0.411 e. The molecule has 2 heterocycles. The van der Waals surface area contributed by atoms with Crippen molar-refractivity contribution in [2.45, 2.75) is 37.3 Å². The standard InChI is InChI=1S/C22H27N3O6S/c1-5-20(26)23-16-8-10-17(11-9-16)32(28,29)24-12-13-25(21(27)31-22(2,3)4)18(15-24)19-7-6-14-30-19/h5-11,14,18H,1,12-13,15H2,2-4H3,(H,23,26). The first-order valence-electron chi connectivity index (χ1n) is 10.1. The Morgan fingerprint density at radius 2 is 1.88 bits per heavy atom. The molecule has 1 unspecified atom stereocenters. The van der Waals surface area contributed by atoms with Gasteiger partial charge in [-0.3, -0.25) is 9.69 Å². The van der Waals surface area contributed by atoms with E-state index in [2.05, 4.69) is 11.9 Å². The van der Waals surface area contributed by atoms with Crippen molar-refractivity contribution in [1.29, 1.82) is 0 Å². The molecule has 2 aromatic rings. The molecule has 3 rings (SSSR count). The van der Waals surface area contributed by atoms with Gasteiger partial charge in [-0.05, 0) is 63.2 Å². The summed E-state index contributed by atoms with van der Waals surface area (Å²) >= 11 is 0. The highest BCUT2D eigenvalue weighted by Gasteiger charge is 2.40. The second kappa shape index (κ2) is 9.17. The van der Waals surface area contributed by atoms with E-state index in [0.29, 0.717) is 11.4 Å². The summed E-state index contributed by atoms with van der Waals surface area (Å²) in [7, 11) is -3.84. The van der Waals surface area contributed by atoms with Gasteiger partial charge in [-0.2, -0.15) is 4.31 Å². The third-order valence-corrected chi connectivity index (χ3v) is 6.67. The number of hydrogen-bond acceptors (Lipinski definition) is 6. The van der Waals surface area contributed by atoms with E-state index in [0.717, 1.165) is 6.08 Å². The summed E-state index contributed by atoms with van der Waals surface area (Å²) in [5, 5.41) is 2.58. The fourth-order valence-electron chi connectivity index (χ4n) is 3.29. The molecule has 1 saturated heterocycles. The van der Waals surface area contributed by atoms with Gasteiger partial charge >= 0.3 is 6.09 Å². The van der Waals surface area contributed by atoms with Gasteiger partial charge in [0.1, 0.15) is 17.4 Å². The summed E-state index contributed by atoms with van der Waals surface area (Å²) in [5.41, 5.74) is -0.228. The molecule has 0 bridgehead atoms. The number of furan rings is 1. The Morgan fingerprint density at radius 1 is 1.19 bits per heavy atom. The predicted octanol–water partition coefficient (Wildman–Crippen LogP) is 3.39. The highest BCUT2D eigenvalue weighted by molar-refractivity contribution is 7.89. The predicted molar refractivity (Wildman–Crippen MR) is 118 cm³/mol. The first kappa shape index (κ1) is 23.6. The van der Waals surface area contributed by atoms with Crippen LogP contribution in [0, 0.1) is 0 Å². The summed E-state index contributed by atoms with van der Waals surface area (Å²) in [6, 6.07) is 8.63. The van der Waals surface area contributed by atoms with Gasteiger partial charge in [0.15, 0.2) is 0 Å². The number of amides is 2. The third-order valence-electron chi connectivity index (χ3n) is 4.79. The molecule has 1 aliphatic heterocycles. The molecule has 0 spiro atoms. The van der Waals surface area contributed by atoms with Gasteiger partial charge in [-0.1, -0.05) is 6.58 Å². The maximum atomic E-state index is 13.3. The normalized spacial score (nSPS) is 17.6. The van der Waals surface area contributed by atoms with Crippen molar-refractivity contribution in [2.75, 3.05) is 25.0 Å². The number of nitrogens with one attached hydrogen (secondary N) is 1. The van der Waals surface area contributed by atoms with Gasteiger partial charge in [-0.15, -0.1) is 0 Å². The Labute approximate surface area is 187 Å². The number of carbonyl (C=O) groups is 2. The van der Waals surface area contributed by atoms with Crippen molar-refractivity contribution in [3.8, 4) is 0 Å². The highest BCUT2D eigenvalue weighted by atomic mass is 32.2. The molecule has 0 saturated carbocycles. The average molecular weight is 462 g/mol. The monoisotopic (exact) mass is 461 g/mol. The Hall–Kier alpha value is -3.11. The third kappa shape index (κ3) is 5.38. The number of hydrogen-bond donors (Lipinski definition) is 1. The summed E-state index contributed by atoms with van der Waals surface area (Å²) in [5.74, 6) is 0.0819. The fraction of sp³-hybridized carbons (Fsp3) is 0.364. The van der Waals surface area contributed by atoms with Crippen LogP contribution in [0.2, 0.25) is 0 Å². The molecule has 0 aliphatic carbocycles. The molecule has 1 atom stereocenters. The van der Waals surface area contributed by atoms with Crippen LogP contribution in [0.1, 0.15) is 32.6 Å². The second-order valence-electron chi connectivity index (χ2n) is 8.29. The molecular formula is C22H27N3O6S. The Kier molecular flexibility index (Phi) is 6.75. The summed E-state index contributed by atoms with van der Waals surface area (Å²) in [4.78, 5) is 25.7. The number of piperazine rings is 1. The number of sulfonamides is 1. The molecular weight excluding hydrogens is 434 g/mol. The van der Waals surface area contributed by atoms with Crippen LogP contribution in [0.25, 0.3) is 0 Å². The van der Waals surface area contributed by atoms with E-state index >= 15 is 0 Å². The SMILES string of the molecule is C=CC(=O)Nc1ccc(S(=O)(=O)N2CCN(C(=O)OC(C)(C)C)C(c3ccco3)C2)cc1. The number of ether oxygens (including phenoxy) is 1. The van der Waals surface area contributed by atoms with Crippen molar-refractivity contribution in [2.24, 2.45) is 0 Å². The van der Waals surface area contributed by atoms with E-state index in [9.17, 15) is 18.0 Å². The highest BCUT2D eigenvalue weighted by Crippen LogP contribution is 2.31. The topological polar surface area (TPSA) is 109 Å². The molecule has 32 heavy (non-hydrogen) atoms. The van der Waals surface area contributed by atoms with Gasteiger partial charge in [0.25, 0.3) is 0 Å². The van der Waals surface area contributed by atoms with E-state index in [1.165, 1.54) is 39.7 Å². The number of nitrogens with zero attached hydrogens (tertiary/aromatic N) is 2. The van der Waals surface area contributed by atoms with E-state index in [-0.39, 0.29) is 30.4 Å². The van der Waals surface area contributed by atoms with E-state index in [1.54, 1.807) is 32.9 Å². The zero-order valence-corrected chi connectivity index (χ0v) is 19.1. The van der Waals surface area contributed by atoms with Crippen molar-refractivity contribution in [1.82, 2.24) is 9.21 Å². The maximum absolute atomic E-state index is 13.3. The minimum Gasteiger partial charge on any atom is -0.467 e. The zero-order chi connectivity index (χ0) is 23.5. The summed E-state index contributed by atoms with van der Waals surface area (Å²) in [6.45, 7) is 8.97.